The van der Waals surface area contributed by atoms with E-state index in [0.717, 1.165) is 0 Å². The van der Waals surface area contributed by atoms with Crippen molar-refractivity contribution in [3.8, 4) is 0 Å². The molecule has 24 heavy (non-hydrogen) atoms. The largest absolute Gasteiger partial charge is 0.293 e. The predicted molar refractivity (Wildman–Crippen MR) is 90.1 cm³/mol. The van der Waals surface area contributed by atoms with Crippen molar-refractivity contribution in [2.45, 2.75) is 11.3 Å². The van der Waals surface area contributed by atoms with Gasteiger partial charge in [-0.05, 0) is 16.7 Å². The van der Waals surface area contributed by atoms with Gasteiger partial charge in [0.1, 0.15) is 5.41 Å². The van der Waals surface area contributed by atoms with E-state index in [2.05, 4.69) is 0 Å². The van der Waals surface area contributed by atoms with Crippen molar-refractivity contribution in [2.24, 2.45) is 0 Å². The summed E-state index contributed by atoms with van der Waals surface area (Å²) in [7, 11) is 0. The molecule has 0 aromatic heterocycles. The molecule has 0 nitrogen and oxygen atoms in total. The summed E-state index contributed by atoms with van der Waals surface area (Å²) in [5.41, 5.74) is -0.786. The molecule has 0 unspecified atom stereocenters. The van der Waals surface area contributed by atoms with Gasteiger partial charge in [0, 0.05) is 0 Å². The van der Waals surface area contributed by atoms with Crippen molar-refractivity contribution in [1.82, 2.24) is 0 Å². The number of rotatable bonds is 5. The number of hydrogen-bond donors (Lipinski definition) is 0. The van der Waals surface area contributed by atoms with Crippen LogP contribution in [0.5, 0.6) is 0 Å². The number of benzene rings is 3. The second-order valence-electron chi connectivity index (χ2n) is 5.69. The van der Waals surface area contributed by atoms with Crippen LogP contribution < -0.4 is 0 Å². The maximum Gasteiger partial charge on any atom is 0.293 e. The first-order valence-corrected chi connectivity index (χ1v) is 7.73. The monoisotopic (exact) mass is 326 g/mol. The van der Waals surface area contributed by atoms with Gasteiger partial charge < -0.3 is 0 Å². The van der Waals surface area contributed by atoms with E-state index >= 15 is 8.78 Å². The number of hydrogen-bond acceptors (Lipinski definition) is 0. The highest BCUT2D eigenvalue weighted by Crippen LogP contribution is 2.50. The molecule has 3 aromatic carbocycles. The van der Waals surface area contributed by atoms with E-state index < -0.39 is 18.0 Å². The lowest BCUT2D eigenvalue weighted by atomic mass is 9.65. The second-order valence-corrected chi connectivity index (χ2v) is 5.69. The summed E-state index contributed by atoms with van der Waals surface area (Å²) in [6, 6.07) is 25.2. The van der Waals surface area contributed by atoms with Crippen molar-refractivity contribution in [3.05, 3.63) is 108 Å². The zero-order valence-electron chi connectivity index (χ0n) is 13.0. The van der Waals surface area contributed by atoms with E-state index in [1.54, 1.807) is 91.0 Å². The van der Waals surface area contributed by atoms with Crippen molar-refractivity contribution in [3.63, 3.8) is 0 Å². The molecule has 3 aromatic rings. The van der Waals surface area contributed by atoms with Crippen LogP contribution in [0.15, 0.2) is 91.0 Å². The second kappa shape index (κ2) is 6.52. The Morgan fingerprint density at radius 3 is 1.08 bits per heavy atom. The minimum atomic E-state index is -3.60. The van der Waals surface area contributed by atoms with Crippen LogP contribution in [-0.4, -0.2) is 12.6 Å². The average molecular weight is 326 g/mol. The molecule has 0 aliphatic rings. The summed E-state index contributed by atoms with van der Waals surface area (Å²) in [6.45, 7) is -1.74. The van der Waals surface area contributed by atoms with Gasteiger partial charge in [-0.3, -0.25) is 0 Å². The molecule has 0 N–H and O–H groups in total. The normalized spacial score (nSPS) is 12.1. The minimum Gasteiger partial charge on any atom is -0.244 e. The molecular weight excluding hydrogens is 309 g/mol. The molecule has 0 atom stereocenters. The molecule has 0 bridgehead atoms. The highest BCUT2D eigenvalue weighted by Gasteiger charge is 2.57. The molecule has 3 rings (SSSR count). The van der Waals surface area contributed by atoms with Crippen molar-refractivity contribution in [2.75, 3.05) is 6.67 Å². The van der Waals surface area contributed by atoms with Crippen molar-refractivity contribution in [1.29, 1.82) is 0 Å². The lowest BCUT2D eigenvalue weighted by molar-refractivity contribution is -0.0664. The van der Waals surface area contributed by atoms with E-state index in [-0.39, 0.29) is 0 Å². The standard InChI is InChI=1S/C21H17F3/c22-16-20(23,24)21(17-10-4-1-5-11-17,18-12-6-2-7-13-18)19-14-8-3-9-15-19/h1-15H,16H2. The third-order valence-corrected chi connectivity index (χ3v) is 4.34. The van der Waals surface area contributed by atoms with E-state index in [9.17, 15) is 4.39 Å². The first kappa shape index (κ1) is 16.3. The van der Waals surface area contributed by atoms with Gasteiger partial charge in [-0.25, -0.2) is 13.2 Å². The van der Waals surface area contributed by atoms with Crippen LogP contribution in [-0.2, 0) is 5.41 Å². The van der Waals surface area contributed by atoms with Crippen LogP contribution in [0.2, 0.25) is 0 Å². The van der Waals surface area contributed by atoms with Crippen LogP contribution in [0.25, 0.3) is 0 Å². The third-order valence-electron chi connectivity index (χ3n) is 4.34. The summed E-state index contributed by atoms with van der Waals surface area (Å²) in [4.78, 5) is 0. The molecular formula is C21H17F3. The molecule has 3 heteroatoms. The summed E-state index contributed by atoms with van der Waals surface area (Å²) < 4.78 is 43.9. The minimum absolute atomic E-state index is 0.366. The topological polar surface area (TPSA) is 0 Å². The smallest absolute Gasteiger partial charge is 0.244 e. The van der Waals surface area contributed by atoms with E-state index in [1.165, 1.54) is 0 Å². The van der Waals surface area contributed by atoms with Gasteiger partial charge in [-0.1, -0.05) is 91.0 Å². The highest BCUT2D eigenvalue weighted by atomic mass is 19.3. The van der Waals surface area contributed by atoms with Crippen LogP contribution in [0.1, 0.15) is 16.7 Å². The Morgan fingerprint density at radius 1 is 0.542 bits per heavy atom. The molecule has 0 saturated carbocycles. The lowest BCUT2D eigenvalue weighted by Gasteiger charge is -2.41. The van der Waals surface area contributed by atoms with Crippen molar-refractivity contribution >= 4 is 0 Å². The van der Waals surface area contributed by atoms with Crippen LogP contribution >= 0.6 is 0 Å². The van der Waals surface area contributed by atoms with Crippen LogP contribution in [0.4, 0.5) is 13.2 Å². The van der Waals surface area contributed by atoms with Crippen LogP contribution in [0, 0.1) is 0 Å². The van der Waals surface area contributed by atoms with Gasteiger partial charge in [0.25, 0.3) is 5.92 Å². The molecule has 0 radical (unpaired) electrons. The molecule has 0 fully saturated rings. The fraction of sp³-hybridized carbons (Fsp3) is 0.143. The molecule has 0 heterocycles. The highest BCUT2D eigenvalue weighted by molar-refractivity contribution is 5.53. The van der Waals surface area contributed by atoms with Gasteiger partial charge in [-0.2, -0.15) is 0 Å². The quantitative estimate of drug-likeness (QED) is 0.533. The summed E-state index contributed by atoms with van der Waals surface area (Å²) in [6.07, 6.45) is 0. The Bertz CT molecular complexity index is 671. The van der Waals surface area contributed by atoms with E-state index in [0.29, 0.717) is 16.7 Å². The number of halogens is 3. The molecule has 0 aliphatic carbocycles. The number of alkyl halides is 3. The Morgan fingerprint density at radius 2 is 0.833 bits per heavy atom. The Labute approximate surface area is 139 Å². The zero-order chi connectivity index (χ0) is 17.0. The zero-order valence-corrected chi connectivity index (χ0v) is 13.0. The van der Waals surface area contributed by atoms with Gasteiger partial charge in [-0.15, -0.1) is 0 Å². The first-order chi connectivity index (χ1) is 11.6. The Hall–Kier alpha value is -2.55. The molecule has 0 spiro atoms. The Balaban J connectivity index is 2.42. The first-order valence-electron chi connectivity index (χ1n) is 7.73. The maximum absolute atomic E-state index is 15.2. The maximum atomic E-state index is 15.2. The van der Waals surface area contributed by atoms with Gasteiger partial charge in [0.15, 0.2) is 6.67 Å². The summed E-state index contributed by atoms with van der Waals surface area (Å²) in [5.74, 6) is -3.60. The van der Waals surface area contributed by atoms with Crippen molar-refractivity contribution < 1.29 is 13.2 Å². The Kier molecular flexibility index (Phi) is 4.43. The molecule has 0 aliphatic heterocycles. The summed E-state index contributed by atoms with van der Waals surface area (Å²) >= 11 is 0. The van der Waals surface area contributed by atoms with Gasteiger partial charge >= 0.3 is 0 Å². The fourth-order valence-electron chi connectivity index (χ4n) is 3.30. The van der Waals surface area contributed by atoms with E-state index in [4.69, 9.17) is 0 Å². The van der Waals surface area contributed by atoms with Gasteiger partial charge in [0.2, 0.25) is 0 Å². The van der Waals surface area contributed by atoms with Gasteiger partial charge in [0.05, 0.1) is 0 Å². The van der Waals surface area contributed by atoms with Crippen LogP contribution in [0.3, 0.4) is 0 Å². The van der Waals surface area contributed by atoms with E-state index in [1.807, 2.05) is 0 Å². The molecule has 0 amide bonds. The predicted octanol–water partition coefficient (Wildman–Crippen LogP) is 5.63. The molecule has 122 valence electrons. The third kappa shape index (κ3) is 2.50. The average Bonchev–Trinajstić information content (AvgIpc) is 2.65. The lowest BCUT2D eigenvalue weighted by Crippen LogP contribution is -2.49. The fourth-order valence-corrected chi connectivity index (χ4v) is 3.30. The summed E-state index contributed by atoms with van der Waals surface area (Å²) in [5, 5.41) is 0. The molecule has 0 saturated heterocycles. The SMILES string of the molecule is FCC(F)(F)C(c1ccccc1)(c1ccccc1)c1ccccc1.